The van der Waals surface area contributed by atoms with Gasteiger partial charge in [-0.25, -0.2) is 0 Å². The summed E-state index contributed by atoms with van der Waals surface area (Å²) in [7, 11) is 0. The van der Waals surface area contributed by atoms with Gasteiger partial charge in [-0.1, -0.05) is 13.0 Å². The molecule has 3 aromatic rings. The van der Waals surface area contributed by atoms with Crippen LogP contribution >= 0.6 is 0 Å². The van der Waals surface area contributed by atoms with E-state index in [0.717, 1.165) is 29.4 Å². The Labute approximate surface area is 153 Å². The minimum atomic E-state index is -0.130. The molecule has 4 nitrogen and oxygen atoms in total. The van der Waals surface area contributed by atoms with Gasteiger partial charge < -0.3 is 9.88 Å². The average molecular weight is 348 g/mol. The molecule has 134 valence electrons. The molecular formula is C22H24N2O2. The van der Waals surface area contributed by atoms with Crippen molar-refractivity contribution in [3.8, 4) is 0 Å². The van der Waals surface area contributed by atoms with E-state index in [1.54, 1.807) is 24.3 Å². The zero-order chi connectivity index (χ0) is 18.8. The number of hydrogen-bond acceptors (Lipinski definition) is 2. The van der Waals surface area contributed by atoms with Gasteiger partial charge in [0.1, 0.15) is 5.69 Å². The molecular weight excluding hydrogens is 324 g/mol. The number of hydrogen-bond donors (Lipinski definition) is 1. The van der Waals surface area contributed by atoms with Crippen LogP contribution in [-0.2, 0) is 13.0 Å². The molecule has 0 fully saturated rings. The number of aryl methyl sites for hydroxylation is 3. The summed E-state index contributed by atoms with van der Waals surface area (Å²) in [6.07, 6.45) is 0.969. The topological polar surface area (TPSA) is 51.1 Å². The van der Waals surface area contributed by atoms with E-state index in [1.165, 1.54) is 12.5 Å². The number of nitrogens with zero attached hydrogens (tertiary/aromatic N) is 1. The van der Waals surface area contributed by atoms with Gasteiger partial charge in [0, 0.05) is 28.7 Å². The average Bonchev–Trinajstić information content (AvgIpc) is 2.93. The molecule has 0 saturated carbocycles. The fraction of sp³-hybridized carbons (Fsp3) is 0.273. The molecule has 2 aromatic carbocycles. The molecule has 3 rings (SSSR count). The highest BCUT2D eigenvalue weighted by Crippen LogP contribution is 2.28. The second-order valence-electron chi connectivity index (χ2n) is 6.51. The number of carbonyl (C=O) groups excluding carboxylic acids is 2. The highest BCUT2D eigenvalue weighted by molar-refractivity contribution is 6.08. The predicted octanol–water partition coefficient (Wildman–Crippen LogP) is 4.99. The van der Waals surface area contributed by atoms with Gasteiger partial charge in [-0.2, -0.15) is 0 Å². The Bertz CT molecular complexity index is 982. The fourth-order valence-electron chi connectivity index (χ4n) is 3.39. The molecule has 0 atom stereocenters. The highest BCUT2D eigenvalue weighted by Gasteiger charge is 2.20. The predicted molar refractivity (Wildman–Crippen MR) is 106 cm³/mol. The maximum absolute atomic E-state index is 13.0. The third-order valence-electron chi connectivity index (χ3n) is 4.87. The lowest BCUT2D eigenvalue weighted by Crippen LogP contribution is -2.17. The summed E-state index contributed by atoms with van der Waals surface area (Å²) >= 11 is 0. The second kappa shape index (κ2) is 7.16. The van der Waals surface area contributed by atoms with E-state index in [0.29, 0.717) is 16.9 Å². The largest absolute Gasteiger partial charge is 0.337 e. The summed E-state index contributed by atoms with van der Waals surface area (Å²) in [4.78, 5) is 24.3. The first kappa shape index (κ1) is 17.9. The number of anilines is 1. The minimum absolute atomic E-state index is 0.0107. The maximum atomic E-state index is 13.0. The quantitative estimate of drug-likeness (QED) is 0.661. The summed E-state index contributed by atoms with van der Waals surface area (Å²) in [5, 5.41) is 4.09. The van der Waals surface area contributed by atoms with Crippen LogP contribution in [0.1, 0.15) is 52.7 Å². The van der Waals surface area contributed by atoms with Crippen LogP contribution in [0.15, 0.2) is 42.5 Å². The Morgan fingerprint density at radius 2 is 1.73 bits per heavy atom. The van der Waals surface area contributed by atoms with E-state index >= 15 is 0 Å². The minimum Gasteiger partial charge on any atom is -0.337 e. The van der Waals surface area contributed by atoms with Gasteiger partial charge in [0.2, 0.25) is 0 Å². The van der Waals surface area contributed by atoms with Crippen LogP contribution in [0.25, 0.3) is 10.9 Å². The molecule has 4 heteroatoms. The number of amides is 1. The van der Waals surface area contributed by atoms with Gasteiger partial charge in [-0.05, 0) is 74.7 Å². The standard InChI is InChI=1S/C22H24N2O2/c1-5-16-7-12-20-19(13-16)14(3)21(24(20)6-2)22(26)23-18-10-8-17(9-11-18)15(4)25/h7-13H,5-6H2,1-4H3,(H,23,26). The van der Waals surface area contributed by atoms with Gasteiger partial charge in [0.05, 0.1) is 0 Å². The summed E-state index contributed by atoms with van der Waals surface area (Å²) in [6.45, 7) is 8.43. The van der Waals surface area contributed by atoms with Gasteiger partial charge >= 0.3 is 0 Å². The van der Waals surface area contributed by atoms with Crippen molar-refractivity contribution in [2.45, 2.75) is 40.7 Å². The number of benzene rings is 2. The Hall–Kier alpha value is -2.88. The van der Waals surface area contributed by atoms with Gasteiger partial charge in [0.15, 0.2) is 5.78 Å². The number of nitrogens with one attached hydrogen (secondary N) is 1. The molecule has 1 N–H and O–H groups in total. The van der Waals surface area contributed by atoms with Gasteiger partial charge in [0.25, 0.3) is 5.91 Å². The summed E-state index contributed by atoms with van der Waals surface area (Å²) in [6, 6.07) is 13.4. The molecule has 0 aliphatic heterocycles. The van der Waals surface area contributed by atoms with Crippen LogP contribution in [0, 0.1) is 6.92 Å². The maximum Gasteiger partial charge on any atom is 0.272 e. The SMILES string of the molecule is CCc1ccc2c(c1)c(C)c(C(=O)Nc1ccc(C(C)=O)cc1)n2CC. The molecule has 1 amide bonds. The molecule has 0 radical (unpaired) electrons. The first-order chi connectivity index (χ1) is 12.5. The molecule has 0 aliphatic rings. The lowest BCUT2D eigenvalue weighted by Gasteiger charge is -2.10. The molecule has 26 heavy (non-hydrogen) atoms. The number of aromatic nitrogens is 1. The van der Waals surface area contributed by atoms with Gasteiger partial charge in [-0.15, -0.1) is 0 Å². The summed E-state index contributed by atoms with van der Waals surface area (Å²) in [5.74, 6) is -0.120. The number of ketones is 1. The summed E-state index contributed by atoms with van der Waals surface area (Å²) in [5.41, 5.74) is 5.34. The van der Waals surface area contributed by atoms with E-state index < -0.39 is 0 Å². The molecule has 0 bridgehead atoms. The van der Waals surface area contributed by atoms with Crippen molar-refractivity contribution in [2.24, 2.45) is 0 Å². The Balaban J connectivity index is 1.99. The summed E-state index contributed by atoms with van der Waals surface area (Å²) < 4.78 is 2.06. The number of fused-ring (bicyclic) bond motifs is 1. The molecule has 0 unspecified atom stereocenters. The lowest BCUT2D eigenvalue weighted by molar-refractivity contribution is 0.101. The van der Waals surface area contributed by atoms with Crippen molar-refractivity contribution in [2.75, 3.05) is 5.32 Å². The zero-order valence-electron chi connectivity index (χ0n) is 15.7. The van der Waals surface area contributed by atoms with Crippen LogP contribution in [-0.4, -0.2) is 16.3 Å². The van der Waals surface area contributed by atoms with Crippen LogP contribution in [0.3, 0.4) is 0 Å². The van der Waals surface area contributed by atoms with Crippen molar-refractivity contribution in [1.29, 1.82) is 0 Å². The molecule has 0 aliphatic carbocycles. The van der Waals surface area contributed by atoms with Crippen LogP contribution in [0.2, 0.25) is 0 Å². The molecule has 0 saturated heterocycles. The first-order valence-corrected chi connectivity index (χ1v) is 9.00. The van der Waals surface area contributed by atoms with Crippen LogP contribution < -0.4 is 5.32 Å². The van der Waals surface area contributed by atoms with Crippen molar-refractivity contribution in [3.05, 3.63) is 64.8 Å². The van der Waals surface area contributed by atoms with Crippen molar-refractivity contribution < 1.29 is 9.59 Å². The van der Waals surface area contributed by atoms with Crippen molar-refractivity contribution in [1.82, 2.24) is 4.57 Å². The normalized spacial score (nSPS) is 10.9. The van der Waals surface area contributed by atoms with E-state index in [-0.39, 0.29) is 11.7 Å². The number of rotatable bonds is 5. The second-order valence-corrected chi connectivity index (χ2v) is 6.51. The van der Waals surface area contributed by atoms with Crippen LogP contribution in [0.4, 0.5) is 5.69 Å². The smallest absolute Gasteiger partial charge is 0.272 e. The van der Waals surface area contributed by atoms with E-state index in [2.05, 4.69) is 35.0 Å². The van der Waals surface area contributed by atoms with E-state index in [4.69, 9.17) is 0 Å². The fourth-order valence-corrected chi connectivity index (χ4v) is 3.39. The van der Waals surface area contributed by atoms with Gasteiger partial charge in [-0.3, -0.25) is 9.59 Å². The molecule has 1 heterocycles. The third-order valence-corrected chi connectivity index (χ3v) is 4.87. The first-order valence-electron chi connectivity index (χ1n) is 9.00. The van der Waals surface area contributed by atoms with E-state index in [1.807, 2.05) is 13.8 Å². The third kappa shape index (κ3) is 3.15. The van der Waals surface area contributed by atoms with E-state index in [9.17, 15) is 9.59 Å². The monoisotopic (exact) mass is 348 g/mol. The lowest BCUT2D eigenvalue weighted by atomic mass is 10.1. The molecule has 1 aromatic heterocycles. The number of carbonyl (C=O) groups is 2. The Morgan fingerprint density at radius 1 is 1.04 bits per heavy atom. The van der Waals surface area contributed by atoms with Crippen molar-refractivity contribution in [3.63, 3.8) is 0 Å². The molecule has 0 spiro atoms. The Kier molecular flexibility index (Phi) is 4.94. The number of Topliss-reactive ketones (excluding diaryl/α,β-unsaturated/α-hetero) is 1. The van der Waals surface area contributed by atoms with Crippen LogP contribution in [0.5, 0.6) is 0 Å². The van der Waals surface area contributed by atoms with Crippen molar-refractivity contribution >= 4 is 28.3 Å². The Morgan fingerprint density at radius 3 is 2.31 bits per heavy atom. The highest BCUT2D eigenvalue weighted by atomic mass is 16.2. The zero-order valence-corrected chi connectivity index (χ0v) is 15.7.